The van der Waals surface area contributed by atoms with Gasteiger partial charge in [-0.15, -0.1) is 47.0 Å². The zero-order valence-corrected chi connectivity index (χ0v) is 21.4. The van der Waals surface area contributed by atoms with E-state index in [1.165, 1.54) is 5.56 Å². The summed E-state index contributed by atoms with van der Waals surface area (Å²) in [6.07, 6.45) is 9.47. The van der Waals surface area contributed by atoms with E-state index in [4.69, 9.17) is 17.0 Å². The van der Waals surface area contributed by atoms with Crippen LogP contribution in [0.1, 0.15) is 17.5 Å². The van der Waals surface area contributed by atoms with Gasteiger partial charge in [-0.2, -0.15) is 0 Å². The molecule has 1 heterocycles. The number of thioether (sulfide) groups is 4. The van der Waals surface area contributed by atoms with Crippen LogP contribution in [0, 0.1) is 0 Å². The molecule has 0 unspecified atom stereocenters. The fourth-order valence-corrected chi connectivity index (χ4v) is 7.72. The zero-order chi connectivity index (χ0) is 21.8. The number of benzene rings is 2. The first kappa shape index (κ1) is 23.8. The van der Waals surface area contributed by atoms with Crippen LogP contribution in [0.3, 0.4) is 0 Å². The minimum atomic E-state index is -0.283. The highest BCUT2D eigenvalue weighted by Crippen LogP contribution is 2.61. The lowest BCUT2D eigenvalue weighted by molar-refractivity contribution is 0.219. The van der Waals surface area contributed by atoms with Crippen molar-refractivity contribution in [3.05, 3.63) is 53.6 Å². The molecule has 4 nitrogen and oxygen atoms in total. The van der Waals surface area contributed by atoms with Gasteiger partial charge in [0.2, 0.25) is 4.27 Å². The van der Waals surface area contributed by atoms with Gasteiger partial charge in [0.25, 0.3) is 0 Å². The maximum absolute atomic E-state index is 9.40. The Morgan fingerprint density at radius 1 is 1.03 bits per heavy atom. The predicted octanol–water partition coefficient (Wildman–Crippen LogP) is 5.92. The van der Waals surface area contributed by atoms with Crippen LogP contribution in [-0.2, 0) is 10.6 Å². The molecule has 3 rings (SSSR count). The number of nitrogens with one attached hydrogen (secondary N) is 2. The summed E-state index contributed by atoms with van der Waals surface area (Å²) in [6.45, 7) is 0.587. The maximum Gasteiger partial charge on any atom is 0.203 e. The molecule has 1 aliphatic rings. The van der Waals surface area contributed by atoms with Crippen molar-refractivity contribution >= 4 is 70.1 Å². The second-order valence-corrected chi connectivity index (χ2v) is 12.0. The molecule has 0 radical (unpaired) electrons. The molecule has 0 saturated carbocycles. The number of anilines is 1. The highest BCUT2D eigenvalue weighted by atomic mass is 32.2. The van der Waals surface area contributed by atoms with Gasteiger partial charge in [-0.05, 0) is 73.1 Å². The lowest BCUT2D eigenvalue weighted by Crippen LogP contribution is -2.40. The second kappa shape index (κ2) is 10.2. The Hall–Kier alpha value is -0.870. The molecule has 0 amide bonds. The third-order valence-electron chi connectivity index (χ3n) is 5.03. The van der Waals surface area contributed by atoms with Crippen molar-refractivity contribution in [1.29, 1.82) is 0 Å². The number of hydrogen-bond acceptors (Lipinski definition) is 7. The molecule has 0 aliphatic carbocycles. The summed E-state index contributed by atoms with van der Waals surface area (Å²) >= 11 is 12.7. The van der Waals surface area contributed by atoms with Crippen molar-refractivity contribution in [3.8, 4) is 11.5 Å². The quantitative estimate of drug-likeness (QED) is 0.319. The summed E-state index contributed by atoms with van der Waals surface area (Å²) in [5, 5.41) is 16.5. The third-order valence-corrected chi connectivity index (χ3v) is 11.0. The van der Waals surface area contributed by atoms with E-state index < -0.39 is 0 Å². The lowest BCUT2D eigenvalue weighted by Gasteiger charge is -2.45. The minimum Gasteiger partial charge on any atom is -0.508 e. The standard InChI is InChI=1S/C21H26N2O2S5/c1-27-20(28-2)13-21(29-3,30-4)25-18-10-7-15(11-17(18)20)23-19(26)22-12-14-5-8-16(24)9-6-14/h5-11,24H,12-13H2,1-4H3,(H2,22,23,26). The minimum absolute atomic E-state index is 0.0849. The normalized spacial score (nSPS) is 16.3. The first-order valence-corrected chi connectivity index (χ1v) is 14.6. The Balaban J connectivity index is 1.77. The summed E-state index contributed by atoms with van der Waals surface area (Å²) in [5.74, 6) is 1.19. The van der Waals surface area contributed by atoms with Crippen LogP contribution in [0.2, 0.25) is 0 Å². The van der Waals surface area contributed by atoms with Crippen LogP contribution in [-0.4, -0.2) is 39.5 Å². The number of aromatic hydroxyl groups is 1. The van der Waals surface area contributed by atoms with Crippen molar-refractivity contribution in [2.75, 3.05) is 30.3 Å². The molecule has 3 N–H and O–H groups in total. The molecule has 0 bridgehead atoms. The van der Waals surface area contributed by atoms with Gasteiger partial charge in [-0.3, -0.25) is 0 Å². The summed E-state index contributed by atoms with van der Waals surface area (Å²) in [7, 11) is 0. The summed E-state index contributed by atoms with van der Waals surface area (Å²) < 4.78 is 6.09. The molecule has 30 heavy (non-hydrogen) atoms. The number of ether oxygens (including phenoxy) is 1. The summed E-state index contributed by atoms with van der Waals surface area (Å²) in [4.78, 5) is 0. The Kier molecular flexibility index (Phi) is 8.06. The summed E-state index contributed by atoms with van der Waals surface area (Å²) in [5.41, 5.74) is 3.17. The number of phenols is 1. The van der Waals surface area contributed by atoms with Crippen molar-refractivity contribution in [2.24, 2.45) is 0 Å². The van der Waals surface area contributed by atoms with Gasteiger partial charge in [0.15, 0.2) is 5.11 Å². The van der Waals surface area contributed by atoms with Gasteiger partial charge in [0.05, 0.1) is 4.08 Å². The van der Waals surface area contributed by atoms with E-state index >= 15 is 0 Å². The largest absolute Gasteiger partial charge is 0.508 e. The van der Waals surface area contributed by atoms with E-state index in [1.807, 2.05) is 47.8 Å². The average molecular weight is 499 g/mol. The molecule has 0 aromatic heterocycles. The van der Waals surface area contributed by atoms with Crippen LogP contribution in [0.4, 0.5) is 5.69 Å². The molecular weight excluding hydrogens is 473 g/mol. The van der Waals surface area contributed by atoms with E-state index in [0.29, 0.717) is 11.7 Å². The maximum atomic E-state index is 9.40. The Bertz CT molecular complexity index is 883. The zero-order valence-electron chi connectivity index (χ0n) is 17.4. The molecule has 0 spiro atoms. The van der Waals surface area contributed by atoms with Gasteiger partial charge < -0.3 is 20.5 Å². The Labute approximate surface area is 201 Å². The van der Waals surface area contributed by atoms with E-state index in [1.54, 1.807) is 35.7 Å². The third kappa shape index (κ3) is 5.12. The van der Waals surface area contributed by atoms with Gasteiger partial charge in [-0.1, -0.05) is 12.1 Å². The number of thiocarbonyl (C=S) groups is 1. The predicted molar refractivity (Wildman–Crippen MR) is 141 cm³/mol. The monoisotopic (exact) mass is 498 g/mol. The average Bonchev–Trinajstić information content (AvgIpc) is 2.78. The molecule has 0 fully saturated rings. The highest BCUT2D eigenvalue weighted by molar-refractivity contribution is 8.18. The Morgan fingerprint density at radius 3 is 2.30 bits per heavy atom. The number of fused-ring (bicyclic) bond motifs is 1. The molecule has 162 valence electrons. The van der Waals surface area contributed by atoms with Crippen molar-refractivity contribution in [1.82, 2.24) is 5.32 Å². The van der Waals surface area contributed by atoms with E-state index in [-0.39, 0.29) is 14.1 Å². The van der Waals surface area contributed by atoms with E-state index in [9.17, 15) is 5.11 Å². The SMILES string of the molecule is CSC1(SC)CC(SC)(SC)c2cc(NC(=S)NCc3ccc(O)cc3)ccc2O1. The molecule has 2 aromatic rings. The van der Waals surface area contributed by atoms with Gasteiger partial charge in [-0.25, -0.2) is 0 Å². The number of rotatable bonds is 7. The van der Waals surface area contributed by atoms with Crippen molar-refractivity contribution < 1.29 is 9.84 Å². The van der Waals surface area contributed by atoms with Crippen LogP contribution in [0.5, 0.6) is 11.5 Å². The topological polar surface area (TPSA) is 53.5 Å². The molecule has 0 atom stereocenters. The molecule has 0 saturated heterocycles. The highest BCUT2D eigenvalue weighted by Gasteiger charge is 2.49. The lowest BCUT2D eigenvalue weighted by atomic mass is 10.0. The number of hydrogen-bond donors (Lipinski definition) is 3. The van der Waals surface area contributed by atoms with E-state index in [2.05, 4.69) is 41.7 Å². The fraction of sp³-hybridized carbons (Fsp3) is 0.381. The number of phenolic OH excluding ortho intramolecular Hbond substituents is 1. The molecule has 2 aromatic carbocycles. The second-order valence-electron chi connectivity index (χ2n) is 6.72. The van der Waals surface area contributed by atoms with E-state index in [0.717, 1.165) is 23.4 Å². The van der Waals surface area contributed by atoms with Crippen molar-refractivity contribution in [2.45, 2.75) is 21.3 Å². The smallest absolute Gasteiger partial charge is 0.203 e. The summed E-state index contributed by atoms with van der Waals surface area (Å²) in [6, 6.07) is 13.3. The van der Waals surface area contributed by atoms with Gasteiger partial charge >= 0.3 is 0 Å². The Morgan fingerprint density at radius 2 is 1.70 bits per heavy atom. The first-order chi connectivity index (χ1) is 14.4. The molecule has 9 heteroatoms. The van der Waals surface area contributed by atoms with Gasteiger partial charge in [0.1, 0.15) is 11.5 Å². The fourth-order valence-electron chi connectivity index (χ4n) is 3.31. The molecule has 1 aliphatic heterocycles. The van der Waals surface area contributed by atoms with Crippen LogP contribution >= 0.6 is 59.3 Å². The van der Waals surface area contributed by atoms with Crippen molar-refractivity contribution in [3.63, 3.8) is 0 Å². The van der Waals surface area contributed by atoms with Crippen LogP contribution < -0.4 is 15.4 Å². The molecular formula is C21H26N2O2S5. The van der Waals surface area contributed by atoms with Gasteiger partial charge in [0, 0.05) is 24.2 Å². The van der Waals surface area contributed by atoms with Crippen LogP contribution in [0.25, 0.3) is 0 Å². The first-order valence-electron chi connectivity index (χ1n) is 9.26. The van der Waals surface area contributed by atoms with Crippen LogP contribution in [0.15, 0.2) is 42.5 Å².